The number of nitrogens with zero attached hydrogens (tertiary/aromatic N) is 2. The van der Waals surface area contributed by atoms with Crippen molar-refractivity contribution in [3.8, 4) is 0 Å². The normalized spacial score (nSPS) is 12.2. The van der Waals surface area contributed by atoms with E-state index in [-0.39, 0.29) is 11.3 Å². The van der Waals surface area contributed by atoms with Gasteiger partial charge in [0, 0.05) is 22.3 Å². The van der Waals surface area contributed by atoms with E-state index in [0.717, 1.165) is 15.9 Å². The van der Waals surface area contributed by atoms with Crippen molar-refractivity contribution < 1.29 is 0 Å². The van der Waals surface area contributed by atoms with Crippen molar-refractivity contribution in [2.45, 2.75) is 19.9 Å². The third kappa shape index (κ3) is 3.21. The highest BCUT2D eigenvalue weighted by Gasteiger charge is 2.09. The fraction of sp³-hybridized carbons (Fsp3) is 0.231. The number of benzene rings is 1. The van der Waals surface area contributed by atoms with E-state index in [2.05, 4.69) is 50.3 Å². The zero-order valence-corrected chi connectivity index (χ0v) is 12.5. The minimum Gasteiger partial charge on any atom is -0.363 e. The van der Waals surface area contributed by atoms with Gasteiger partial charge in [-0.1, -0.05) is 28.1 Å². The molecule has 0 spiro atoms. The van der Waals surface area contributed by atoms with E-state index in [1.54, 1.807) is 6.20 Å². The molecule has 0 radical (unpaired) electrons. The molecule has 1 atom stereocenters. The van der Waals surface area contributed by atoms with Crippen LogP contribution in [0.1, 0.15) is 24.1 Å². The first-order chi connectivity index (χ1) is 8.56. The predicted molar refractivity (Wildman–Crippen MR) is 78.0 cm³/mol. The Hall–Kier alpha value is -1.13. The fourth-order valence-corrected chi connectivity index (χ4v) is 2.18. The molecule has 0 saturated heterocycles. The number of aryl methyl sites for hydroxylation is 1. The van der Waals surface area contributed by atoms with Gasteiger partial charge in [-0.25, -0.2) is 9.97 Å². The molecule has 1 aromatic heterocycles. The summed E-state index contributed by atoms with van der Waals surface area (Å²) >= 11 is 9.27. The molecule has 0 saturated carbocycles. The van der Waals surface area contributed by atoms with Crippen molar-refractivity contribution in [3.63, 3.8) is 0 Å². The Morgan fingerprint density at radius 1 is 1.39 bits per heavy atom. The Morgan fingerprint density at radius 2 is 2.17 bits per heavy atom. The van der Waals surface area contributed by atoms with Crippen molar-refractivity contribution in [2.75, 3.05) is 5.32 Å². The highest BCUT2D eigenvalue weighted by molar-refractivity contribution is 9.10. The lowest BCUT2D eigenvalue weighted by Crippen LogP contribution is -2.09. The molecule has 0 fully saturated rings. The first-order valence-electron chi connectivity index (χ1n) is 5.57. The van der Waals surface area contributed by atoms with Crippen molar-refractivity contribution in [2.24, 2.45) is 0 Å². The van der Waals surface area contributed by atoms with Crippen molar-refractivity contribution >= 4 is 33.3 Å². The van der Waals surface area contributed by atoms with Crippen molar-refractivity contribution in [1.82, 2.24) is 9.97 Å². The van der Waals surface area contributed by atoms with Gasteiger partial charge in [-0.05, 0) is 43.1 Å². The average molecular weight is 327 g/mol. The molecule has 0 aliphatic carbocycles. The molecule has 94 valence electrons. The van der Waals surface area contributed by atoms with Crippen molar-refractivity contribution in [3.05, 3.63) is 51.3 Å². The third-order valence-electron chi connectivity index (χ3n) is 2.64. The summed E-state index contributed by atoms with van der Waals surface area (Å²) in [7, 11) is 0. The molecular formula is C13H13BrClN3. The summed E-state index contributed by atoms with van der Waals surface area (Å²) in [5, 5.41) is 3.59. The zero-order valence-electron chi connectivity index (χ0n) is 10.1. The van der Waals surface area contributed by atoms with Gasteiger partial charge in [-0.2, -0.15) is 0 Å². The Labute approximate surface area is 120 Å². The van der Waals surface area contributed by atoms with E-state index >= 15 is 0 Å². The molecule has 1 N–H and O–H groups in total. The number of nitrogens with one attached hydrogen (secondary N) is 1. The summed E-state index contributed by atoms with van der Waals surface area (Å²) in [4.78, 5) is 8.13. The van der Waals surface area contributed by atoms with Gasteiger partial charge < -0.3 is 5.32 Å². The topological polar surface area (TPSA) is 37.8 Å². The number of anilines is 1. The van der Waals surface area contributed by atoms with Gasteiger partial charge in [0.05, 0.1) is 0 Å². The van der Waals surface area contributed by atoms with Crippen LogP contribution >= 0.6 is 27.5 Å². The maximum absolute atomic E-state index is 5.80. The van der Waals surface area contributed by atoms with Gasteiger partial charge in [0.2, 0.25) is 5.28 Å². The smallest absolute Gasteiger partial charge is 0.224 e. The molecule has 1 heterocycles. The predicted octanol–water partition coefficient (Wildman–Crippen LogP) is 4.37. The van der Waals surface area contributed by atoms with E-state index in [1.165, 1.54) is 5.56 Å². The molecule has 0 bridgehead atoms. The third-order valence-corrected chi connectivity index (χ3v) is 3.32. The molecule has 0 aliphatic heterocycles. The molecule has 5 heteroatoms. The van der Waals surface area contributed by atoms with E-state index in [0.29, 0.717) is 0 Å². The zero-order chi connectivity index (χ0) is 13.1. The molecule has 18 heavy (non-hydrogen) atoms. The number of halogens is 2. The Morgan fingerprint density at radius 3 is 2.89 bits per heavy atom. The lowest BCUT2D eigenvalue weighted by Gasteiger charge is -2.16. The molecule has 2 aromatic rings. The largest absolute Gasteiger partial charge is 0.363 e. The first-order valence-corrected chi connectivity index (χ1v) is 6.74. The van der Waals surface area contributed by atoms with Gasteiger partial charge in [0.25, 0.3) is 0 Å². The van der Waals surface area contributed by atoms with Crippen LogP contribution < -0.4 is 5.32 Å². The van der Waals surface area contributed by atoms with Crippen LogP contribution in [0.3, 0.4) is 0 Å². The maximum Gasteiger partial charge on any atom is 0.224 e. The summed E-state index contributed by atoms with van der Waals surface area (Å²) < 4.78 is 1.06. The minimum atomic E-state index is 0.146. The summed E-state index contributed by atoms with van der Waals surface area (Å²) in [6.45, 7) is 4.03. The minimum absolute atomic E-state index is 0.146. The SMILES string of the molecule is Cc1cnc(Cl)nc1NC(C)c1cccc(Br)c1. The highest BCUT2D eigenvalue weighted by Crippen LogP contribution is 2.23. The van der Waals surface area contributed by atoms with Crippen LogP contribution in [-0.4, -0.2) is 9.97 Å². The molecule has 1 unspecified atom stereocenters. The van der Waals surface area contributed by atoms with Crippen molar-refractivity contribution in [1.29, 1.82) is 0 Å². The Bertz CT molecular complexity index is 560. The van der Waals surface area contributed by atoms with Crippen LogP contribution in [0.25, 0.3) is 0 Å². The lowest BCUT2D eigenvalue weighted by atomic mass is 10.1. The van der Waals surface area contributed by atoms with E-state index in [4.69, 9.17) is 11.6 Å². The highest BCUT2D eigenvalue weighted by atomic mass is 79.9. The standard InChI is InChI=1S/C13H13BrClN3/c1-8-7-16-13(15)18-12(8)17-9(2)10-4-3-5-11(14)6-10/h3-7,9H,1-2H3,(H,16,17,18). The average Bonchev–Trinajstić information content (AvgIpc) is 2.34. The fourth-order valence-electron chi connectivity index (χ4n) is 1.63. The van der Waals surface area contributed by atoms with E-state index in [1.807, 2.05) is 19.1 Å². The maximum atomic E-state index is 5.80. The monoisotopic (exact) mass is 325 g/mol. The van der Waals surface area contributed by atoms with Crippen LogP contribution in [0.4, 0.5) is 5.82 Å². The van der Waals surface area contributed by atoms with Crippen LogP contribution in [0.2, 0.25) is 5.28 Å². The van der Waals surface area contributed by atoms with Gasteiger partial charge in [0.15, 0.2) is 0 Å². The molecule has 0 amide bonds. The van der Waals surface area contributed by atoms with Gasteiger partial charge >= 0.3 is 0 Å². The molecule has 3 nitrogen and oxygen atoms in total. The first kappa shape index (κ1) is 13.3. The molecule has 2 rings (SSSR count). The summed E-state index contributed by atoms with van der Waals surface area (Å²) in [5.41, 5.74) is 2.15. The second-order valence-electron chi connectivity index (χ2n) is 4.09. The lowest BCUT2D eigenvalue weighted by molar-refractivity contribution is 0.867. The Kier molecular flexibility index (Phi) is 4.19. The van der Waals surface area contributed by atoms with Crippen LogP contribution in [-0.2, 0) is 0 Å². The summed E-state index contributed by atoms with van der Waals surface area (Å²) in [6.07, 6.45) is 1.71. The summed E-state index contributed by atoms with van der Waals surface area (Å²) in [5.74, 6) is 0.766. The Balaban J connectivity index is 2.21. The molecule has 1 aromatic carbocycles. The molecular weight excluding hydrogens is 314 g/mol. The van der Waals surface area contributed by atoms with Crippen LogP contribution in [0.5, 0.6) is 0 Å². The van der Waals surface area contributed by atoms with Crippen LogP contribution in [0, 0.1) is 6.92 Å². The second-order valence-corrected chi connectivity index (χ2v) is 5.35. The second kappa shape index (κ2) is 5.67. The number of hydrogen-bond acceptors (Lipinski definition) is 3. The van der Waals surface area contributed by atoms with Gasteiger partial charge in [-0.3, -0.25) is 0 Å². The molecule has 0 aliphatic rings. The quantitative estimate of drug-likeness (QED) is 0.851. The summed E-state index contributed by atoms with van der Waals surface area (Å²) in [6, 6.07) is 8.31. The number of hydrogen-bond donors (Lipinski definition) is 1. The van der Waals surface area contributed by atoms with Gasteiger partial charge in [0.1, 0.15) is 5.82 Å². The number of aromatic nitrogens is 2. The van der Waals surface area contributed by atoms with Gasteiger partial charge in [-0.15, -0.1) is 0 Å². The number of rotatable bonds is 3. The van der Waals surface area contributed by atoms with E-state index < -0.39 is 0 Å². The van der Waals surface area contributed by atoms with E-state index in [9.17, 15) is 0 Å². The van der Waals surface area contributed by atoms with Crippen LogP contribution in [0.15, 0.2) is 34.9 Å².